The zero-order valence-electron chi connectivity index (χ0n) is 9.57. The first-order valence-electron chi connectivity index (χ1n) is 5.22. The van der Waals surface area contributed by atoms with Gasteiger partial charge in [0, 0.05) is 6.54 Å². The lowest BCUT2D eigenvalue weighted by molar-refractivity contribution is 0.577. The Balaban J connectivity index is 3.47. The summed E-state index contributed by atoms with van der Waals surface area (Å²) in [5.74, 6) is 0.919. The normalized spacial score (nSPS) is 11.6. The summed E-state index contributed by atoms with van der Waals surface area (Å²) in [4.78, 5) is 0.00692. The average Bonchev–Trinajstić information content (AvgIpc) is 2.14. The van der Waals surface area contributed by atoms with Crippen LogP contribution in [0.25, 0.3) is 0 Å². The second-order valence-electron chi connectivity index (χ2n) is 3.53. The van der Waals surface area contributed by atoms with Gasteiger partial charge in [0.25, 0.3) is 0 Å². The third-order valence-corrected chi connectivity index (χ3v) is 4.29. The summed E-state index contributed by atoms with van der Waals surface area (Å²) in [5, 5.41) is 0. The molecule has 0 saturated heterocycles. The monoisotopic (exact) mass is 284 g/mol. The number of thioether (sulfide) groups is 1. The number of nitrogens with two attached hydrogens (primary N) is 1. The van der Waals surface area contributed by atoms with Crippen LogP contribution in [0.2, 0.25) is 0 Å². The standard InChI is InChI=1S/C9H20N2O2S3/c1-15-7-5-3-2-4-6-11-16(12,13)8-9(10)14/h11H,2-8H2,1H3,(H2,10,14). The number of hydrogen-bond donors (Lipinski definition) is 2. The third kappa shape index (κ3) is 10.7. The van der Waals surface area contributed by atoms with Gasteiger partial charge in [0.05, 0.1) is 4.99 Å². The molecule has 0 aliphatic carbocycles. The van der Waals surface area contributed by atoms with Gasteiger partial charge < -0.3 is 5.73 Å². The van der Waals surface area contributed by atoms with Crippen molar-refractivity contribution in [2.24, 2.45) is 5.73 Å². The third-order valence-electron chi connectivity index (χ3n) is 1.93. The lowest BCUT2D eigenvalue weighted by Crippen LogP contribution is -2.32. The summed E-state index contributed by atoms with van der Waals surface area (Å²) in [7, 11) is -3.30. The van der Waals surface area contributed by atoms with Crippen LogP contribution in [0.3, 0.4) is 0 Å². The summed E-state index contributed by atoms with van der Waals surface area (Å²) >= 11 is 6.39. The molecule has 0 unspecified atom stereocenters. The van der Waals surface area contributed by atoms with Crippen LogP contribution in [0.5, 0.6) is 0 Å². The maximum Gasteiger partial charge on any atom is 0.218 e. The van der Waals surface area contributed by atoms with E-state index in [4.69, 9.17) is 5.73 Å². The van der Waals surface area contributed by atoms with Crippen molar-refractivity contribution in [3.8, 4) is 0 Å². The molecule has 0 saturated carbocycles. The van der Waals surface area contributed by atoms with Gasteiger partial charge in [0.15, 0.2) is 0 Å². The van der Waals surface area contributed by atoms with Crippen molar-refractivity contribution in [2.75, 3.05) is 24.3 Å². The van der Waals surface area contributed by atoms with E-state index in [-0.39, 0.29) is 10.7 Å². The zero-order valence-corrected chi connectivity index (χ0v) is 12.0. The van der Waals surface area contributed by atoms with Crippen LogP contribution in [0.15, 0.2) is 0 Å². The fraction of sp³-hybridized carbons (Fsp3) is 0.889. The fourth-order valence-electron chi connectivity index (χ4n) is 1.19. The molecule has 0 aliphatic rings. The van der Waals surface area contributed by atoms with E-state index < -0.39 is 10.0 Å². The smallest absolute Gasteiger partial charge is 0.218 e. The van der Waals surface area contributed by atoms with E-state index in [2.05, 4.69) is 23.2 Å². The molecule has 0 fully saturated rings. The Morgan fingerprint density at radius 2 is 1.94 bits per heavy atom. The molecule has 0 aromatic carbocycles. The Morgan fingerprint density at radius 3 is 2.50 bits per heavy atom. The first kappa shape index (κ1) is 16.1. The molecule has 0 heterocycles. The highest BCUT2D eigenvalue weighted by molar-refractivity contribution is 7.98. The average molecular weight is 284 g/mol. The van der Waals surface area contributed by atoms with Gasteiger partial charge in [-0.15, -0.1) is 0 Å². The van der Waals surface area contributed by atoms with Crippen molar-refractivity contribution in [3.05, 3.63) is 0 Å². The van der Waals surface area contributed by atoms with Gasteiger partial charge in [-0.25, -0.2) is 13.1 Å². The second kappa shape index (κ2) is 9.21. The van der Waals surface area contributed by atoms with Crippen LogP contribution in [0.1, 0.15) is 25.7 Å². The van der Waals surface area contributed by atoms with Crippen molar-refractivity contribution in [1.82, 2.24) is 4.72 Å². The first-order valence-corrected chi connectivity index (χ1v) is 8.68. The number of rotatable bonds is 10. The van der Waals surface area contributed by atoms with Crippen LogP contribution in [0, 0.1) is 0 Å². The van der Waals surface area contributed by atoms with E-state index in [0.717, 1.165) is 19.3 Å². The predicted molar refractivity (Wildman–Crippen MR) is 75.4 cm³/mol. The number of unbranched alkanes of at least 4 members (excludes halogenated alkanes) is 3. The summed E-state index contributed by atoms with van der Waals surface area (Å²) in [5.41, 5.74) is 5.17. The molecule has 0 aromatic rings. The van der Waals surface area contributed by atoms with E-state index >= 15 is 0 Å². The SMILES string of the molecule is CSCCCCCCNS(=O)(=O)CC(N)=S. The van der Waals surface area contributed by atoms with E-state index in [9.17, 15) is 8.42 Å². The number of hydrogen-bond acceptors (Lipinski definition) is 4. The van der Waals surface area contributed by atoms with Gasteiger partial charge in [-0.1, -0.05) is 25.1 Å². The van der Waals surface area contributed by atoms with Crippen LogP contribution >= 0.6 is 24.0 Å². The van der Waals surface area contributed by atoms with Crippen molar-refractivity contribution in [3.63, 3.8) is 0 Å². The Labute approximate surface area is 108 Å². The van der Waals surface area contributed by atoms with E-state index in [1.165, 1.54) is 12.2 Å². The van der Waals surface area contributed by atoms with Crippen LogP contribution in [-0.2, 0) is 10.0 Å². The molecule has 0 rings (SSSR count). The summed E-state index contributed by atoms with van der Waals surface area (Å²) in [6.45, 7) is 0.476. The molecular formula is C9H20N2O2S3. The molecule has 16 heavy (non-hydrogen) atoms. The van der Waals surface area contributed by atoms with Gasteiger partial charge in [-0.2, -0.15) is 11.8 Å². The highest BCUT2D eigenvalue weighted by Crippen LogP contribution is 2.04. The Kier molecular flexibility index (Phi) is 9.29. The molecule has 7 heteroatoms. The minimum absolute atomic E-state index is 0.00692. The van der Waals surface area contributed by atoms with E-state index in [0.29, 0.717) is 6.54 Å². The van der Waals surface area contributed by atoms with Crippen molar-refractivity contribution >= 4 is 39.0 Å². The van der Waals surface area contributed by atoms with Gasteiger partial charge >= 0.3 is 0 Å². The van der Waals surface area contributed by atoms with Crippen LogP contribution < -0.4 is 10.5 Å². The summed E-state index contributed by atoms with van der Waals surface area (Å²) in [6, 6.07) is 0. The van der Waals surface area contributed by atoms with Gasteiger partial charge in [-0.3, -0.25) is 0 Å². The molecule has 0 radical (unpaired) electrons. The van der Waals surface area contributed by atoms with Crippen LogP contribution in [-0.4, -0.2) is 37.7 Å². The molecule has 96 valence electrons. The maximum absolute atomic E-state index is 11.3. The molecular weight excluding hydrogens is 264 g/mol. The molecule has 0 aromatic heterocycles. The molecule has 0 spiro atoms. The van der Waals surface area contributed by atoms with Gasteiger partial charge in [0.1, 0.15) is 5.75 Å². The number of nitrogens with one attached hydrogen (secondary N) is 1. The van der Waals surface area contributed by atoms with E-state index in [1.54, 1.807) is 0 Å². The Hall–Kier alpha value is 0.150. The second-order valence-corrected chi connectivity index (χ2v) is 6.84. The highest BCUT2D eigenvalue weighted by Gasteiger charge is 2.10. The Morgan fingerprint density at radius 1 is 1.31 bits per heavy atom. The molecule has 4 nitrogen and oxygen atoms in total. The predicted octanol–water partition coefficient (Wildman–Crippen LogP) is 1.12. The lowest BCUT2D eigenvalue weighted by Gasteiger charge is -2.05. The quantitative estimate of drug-likeness (QED) is 0.464. The molecule has 0 atom stereocenters. The first-order chi connectivity index (χ1) is 7.48. The van der Waals surface area contributed by atoms with Crippen molar-refractivity contribution < 1.29 is 8.42 Å². The summed E-state index contributed by atoms with van der Waals surface area (Å²) in [6.07, 6.45) is 6.35. The zero-order chi connectivity index (χ0) is 12.4. The topological polar surface area (TPSA) is 72.2 Å². The van der Waals surface area contributed by atoms with E-state index in [1.807, 2.05) is 11.8 Å². The van der Waals surface area contributed by atoms with Gasteiger partial charge in [-0.05, 0) is 24.9 Å². The fourth-order valence-corrected chi connectivity index (χ4v) is 3.08. The summed E-state index contributed by atoms with van der Waals surface area (Å²) < 4.78 is 25.1. The number of thiocarbonyl (C=S) groups is 1. The largest absolute Gasteiger partial charge is 0.392 e. The van der Waals surface area contributed by atoms with Crippen molar-refractivity contribution in [2.45, 2.75) is 25.7 Å². The molecule has 0 amide bonds. The molecule has 0 aliphatic heterocycles. The molecule has 3 N–H and O–H groups in total. The highest BCUT2D eigenvalue weighted by atomic mass is 32.2. The minimum atomic E-state index is -3.30. The van der Waals surface area contributed by atoms with Crippen LogP contribution in [0.4, 0.5) is 0 Å². The Bertz CT molecular complexity index is 291. The lowest BCUT2D eigenvalue weighted by atomic mass is 10.2. The maximum atomic E-state index is 11.3. The van der Waals surface area contributed by atoms with Gasteiger partial charge in [0.2, 0.25) is 10.0 Å². The number of sulfonamides is 1. The minimum Gasteiger partial charge on any atom is -0.392 e. The van der Waals surface area contributed by atoms with Crippen molar-refractivity contribution in [1.29, 1.82) is 0 Å². The molecule has 0 bridgehead atoms.